The number of rotatable bonds is 2. The summed E-state index contributed by atoms with van der Waals surface area (Å²) in [4.78, 5) is 12.6. The maximum Gasteiger partial charge on any atom is 0.255 e. The Morgan fingerprint density at radius 2 is 2.05 bits per heavy atom. The van der Waals surface area contributed by atoms with Gasteiger partial charge in [0.25, 0.3) is 5.91 Å². The first-order chi connectivity index (χ1) is 10.1. The Labute approximate surface area is 125 Å². The van der Waals surface area contributed by atoms with Crippen molar-refractivity contribution < 1.29 is 4.79 Å². The van der Waals surface area contributed by atoms with Gasteiger partial charge in [-0.25, -0.2) is 0 Å². The lowest BCUT2D eigenvalue weighted by Crippen LogP contribution is -2.26. The molecule has 0 spiro atoms. The fourth-order valence-corrected chi connectivity index (χ4v) is 2.89. The summed E-state index contributed by atoms with van der Waals surface area (Å²) in [6, 6.07) is 12.0. The van der Waals surface area contributed by atoms with Crippen LogP contribution in [-0.2, 0) is 13.0 Å². The van der Waals surface area contributed by atoms with Gasteiger partial charge in [0.05, 0.1) is 0 Å². The zero-order chi connectivity index (χ0) is 14.8. The van der Waals surface area contributed by atoms with Gasteiger partial charge in [0.2, 0.25) is 0 Å². The second-order valence-corrected chi connectivity index (χ2v) is 5.64. The summed E-state index contributed by atoms with van der Waals surface area (Å²) >= 11 is 0. The summed E-state index contributed by atoms with van der Waals surface area (Å²) < 4.78 is 0. The molecule has 0 aliphatic carbocycles. The average Bonchev–Trinajstić information content (AvgIpc) is 2.49. The van der Waals surface area contributed by atoms with Crippen LogP contribution in [0, 0.1) is 13.8 Å². The summed E-state index contributed by atoms with van der Waals surface area (Å²) in [5.74, 6) is -0.0132. The number of benzene rings is 2. The fourth-order valence-electron chi connectivity index (χ4n) is 2.89. The molecule has 3 rings (SSSR count). The van der Waals surface area contributed by atoms with E-state index in [1.807, 2.05) is 31.2 Å². The van der Waals surface area contributed by atoms with Crippen LogP contribution in [0.3, 0.4) is 0 Å². The van der Waals surface area contributed by atoms with Crippen LogP contribution in [0.15, 0.2) is 36.4 Å². The van der Waals surface area contributed by atoms with Crippen LogP contribution < -0.4 is 10.6 Å². The molecule has 2 aromatic carbocycles. The van der Waals surface area contributed by atoms with E-state index in [1.54, 1.807) is 0 Å². The first-order valence-electron chi connectivity index (χ1n) is 7.35. The highest BCUT2D eigenvalue weighted by Crippen LogP contribution is 2.21. The molecular formula is C18H20N2O. The molecule has 1 aliphatic rings. The van der Waals surface area contributed by atoms with Gasteiger partial charge in [0.1, 0.15) is 0 Å². The third-order valence-corrected chi connectivity index (χ3v) is 4.02. The molecule has 0 fully saturated rings. The number of aryl methyl sites for hydroxylation is 2. The molecule has 0 aromatic heterocycles. The molecule has 1 heterocycles. The molecular weight excluding hydrogens is 260 g/mol. The maximum absolute atomic E-state index is 12.6. The molecule has 21 heavy (non-hydrogen) atoms. The van der Waals surface area contributed by atoms with Gasteiger partial charge >= 0.3 is 0 Å². The summed E-state index contributed by atoms with van der Waals surface area (Å²) in [5.41, 5.74) is 6.39. The van der Waals surface area contributed by atoms with Crippen molar-refractivity contribution in [2.45, 2.75) is 26.8 Å². The van der Waals surface area contributed by atoms with E-state index in [1.165, 1.54) is 16.7 Å². The van der Waals surface area contributed by atoms with Gasteiger partial charge < -0.3 is 10.6 Å². The van der Waals surface area contributed by atoms with Crippen LogP contribution in [0.5, 0.6) is 0 Å². The highest BCUT2D eigenvalue weighted by molar-refractivity contribution is 6.05. The summed E-state index contributed by atoms with van der Waals surface area (Å²) in [5, 5.41) is 6.38. The number of hydrogen-bond donors (Lipinski definition) is 2. The molecule has 0 saturated carbocycles. The normalized spacial score (nSPS) is 13.6. The molecule has 3 nitrogen and oxygen atoms in total. The largest absolute Gasteiger partial charge is 0.322 e. The SMILES string of the molecule is Cc1ccc(NC(=O)c2cccc3c2CCNC3)c(C)c1. The van der Waals surface area contributed by atoms with E-state index in [0.717, 1.165) is 36.3 Å². The highest BCUT2D eigenvalue weighted by atomic mass is 16.1. The average molecular weight is 280 g/mol. The van der Waals surface area contributed by atoms with Gasteiger partial charge in [-0.2, -0.15) is 0 Å². The molecule has 1 amide bonds. The molecule has 0 radical (unpaired) electrons. The number of hydrogen-bond acceptors (Lipinski definition) is 2. The minimum absolute atomic E-state index is 0.0132. The number of carbonyl (C=O) groups is 1. The van der Waals surface area contributed by atoms with Crippen molar-refractivity contribution in [2.75, 3.05) is 11.9 Å². The Morgan fingerprint density at radius 1 is 1.19 bits per heavy atom. The van der Waals surface area contributed by atoms with E-state index < -0.39 is 0 Å². The van der Waals surface area contributed by atoms with Crippen molar-refractivity contribution >= 4 is 11.6 Å². The van der Waals surface area contributed by atoms with Crippen LogP contribution in [0.2, 0.25) is 0 Å². The van der Waals surface area contributed by atoms with Crippen molar-refractivity contribution in [3.05, 3.63) is 64.2 Å². The monoisotopic (exact) mass is 280 g/mol. The van der Waals surface area contributed by atoms with Crippen LogP contribution in [0.1, 0.15) is 32.6 Å². The number of amides is 1. The van der Waals surface area contributed by atoms with E-state index in [4.69, 9.17) is 0 Å². The summed E-state index contributed by atoms with van der Waals surface area (Å²) in [7, 11) is 0. The van der Waals surface area contributed by atoms with Crippen LogP contribution in [0.25, 0.3) is 0 Å². The predicted molar refractivity (Wildman–Crippen MR) is 85.7 cm³/mol. The first kappa shape index (κ1) is 13.8. The lowest BCUT2D eigenvalue weighted by atomic mass is 9.95. The lowest BCUT2D eigenvalue weighted by molar-refractivity contribution is 0.102. The van der Waals surface area contributed by atoms with Gasteiger partial charge in [-0.15, -0.1) is 0 Å². The predicted octanol–water partition coefficient (Wildman–Crippen LogP) is 3.20. The molecule has 2 aromatic rings. The minimum Gasteiger partial charge on any atom is -0.322 e. The molecule has 0 bridgehead atoms. The van der Waals surface area contributed by atoms with E-state index in [9.17, 15) is 4.79 Å². The van der Waals surface area contributed by atoms with Crippen LogP contribution in [0.4, 0.5) is 5.69 Å². The number of nitrogens with one attached hydrogen (secondary N) is 2. The minimum atomic E-state index is -0.0132. The first-order valence-corrected chi connectivity index (χ1v) is 7.35. The number of carbonyl (C=O) groups excluding carboxylic acids is 1. The van der Waals surface area contributed by atoms with Gasteiger partial charge in [-0.1, -0.05) is 29.8 Å². The van der Waals surface area contributed by atoms with Gasteiger partial charge in [0.15, 0.2) is 0 Å². The molecule has 0 saturated heterocycles. The van der Waals surface area contributed by atoms with E-state index in [0.29, 0.717) is 0 Å². The summed E-state index contributed by atoms with van der Waals surface area (Å²) in [6.45, 7) is 5.85. The van der Waals surface area contributed by atoms with Gasteiger partial charge in [-0.05, 0) is 55.6 Å². The molecule has 3 heteroatoms. The van der Waals surface area contributed by atoms with Gasteiger partial charge in [-0.3, -0.25) is 4.79 Å². The lowest BCUT2D eigenvalue weighted by Gasteiger charge is -2.20. The summed E-state index contributed by atoms with van der Waals surface area (Å²) in [6.07, 6.45) is 0.909. The second kappa shape index (κ2) is 5.70. The Hall–Kier alpha value is -2.13. The number of fused-ring (bicyclic) bond motifs is 1. The quantitative estimate of drug-likeness (QED) is 0.887. The van der Waals surface area contributed by atoms with Crippen molar-refractivity contribution in [1.29, 1.82) is 0 Å². The van der Waals surface area contributed by atoms with E-state index in [2.05, 4.69) is 29.7 Å². The Bertz CT molecular complexity index is 692. The molecule has 0 unspecified atom stereocenters. The zero-order valence-electron chi connectivity index (χ0n) is 12.5. The van der Waals surface area contributed by atoms with Crippen molar-refractivity contribution in [2.24, 2.45) is 0 Å². The number of anilines is 1. The van der Waals surface area contributed by atoms with Crippen LogP contribution >= 0.6 is 0 Å². The van der Waals surface area contributed by atoms with E-state index >= 15 is 0 Å². The highest BCUT2D eigenvalue weighted by Gasteiger charge is 2.17. The Balaban J connectivity index is 1.89. The maximum atomic E-state index is 12.6. The topological polar surface area (TPSA) is 41.1 Å². The fraction of sp³-hybridized carbons (Fsp3) is 0.278. The molecule has 2 N–H and O–H groups in total. The zero-order valence-corrected chi connectivity index (χ0v) is 12.5. The molecule has 1 aliphatic heterocycles. The molecule has 0 atom stereocenters. The Kier molecular flexibility index (Phi) is 3.76. The Morgan fingerprint density at radius 3 is 2.86 bits per heavy atom. The molecule has 108 valence electrons. The third-order valence-electron chi connectivity index (χ3n) is 4.02. The second-order valence-electron chi connectivity index (χ2n) is 5.64. The standard InChI is InChI=1S/C18H20N2O/c1-12-6-7-17(13(2)10-12)20-18(21)16-5-3-4-14-11-19-9-8-15(14)16/h3-7,10,19H,8-9,11H2,1-2H3,(H,20,21). The van der Waals surface area contributed by atoms with Crippen molar-refractivity contribution in [1.82, 2.24) is 5.32 Å². The third kappa shape index (κ3) is 2.83. The van der Waals surface area contributed by atoms with E-state index in [-0.39, 0.29) is 5.91 Å². The van der Waals surface area contributed by atoms with Crippen molar-refractivity contribution in [3.8, 4) is 0 Å². The smallest absolute Gasteiger partial charge is 0.255 e. The van der Waals surface area contributed by atoms with Gasteiger partial charge in [0, 0.05) is 17.8 Å². The van der Waals surface area contributed by atoms with Crippen LogP contribution in [-0.4, -0.2) is 12.5 Å². The van der Waals surface area contributed by atoms with Crippen molar-refractivity contribution in [3.63, 3.8) is 0 Å².